The molecule has 0 nitrogen and oxygen atoms in total. The first-order valence-corrected chi connectivity index (χ1v) is 12.1. The van der Waals surface area contributed by atoms with Crippen LogP contribution in [0.2, 0.25) is 0 Å². The van der Waals surface area contributed by atoms with Crippen LogP contribution in [0.3, 0.4) is 0 Å². The molecule has 158 valence electrons. The first-order chi connectivity index (χ1) is 14.9. The molecule has 0 N–H and O–H groups in total. The van der Waals surface area contributed by atoms with E-state index in [-0.39, 0.29) is 0 Å². The van der Waals surface area contributed by atoms with E-state index in [9.17, 15) is 0 Å². The lowest BCUT2D eigenvalue weighted by atomic mass is 9.98. The van der Waals surface area contributed by atoms with Gasteiger partial charge in [0.2, 0.25) is 0 Å². The number of rotatable bonds is 13. The van der Waals surface area contributed by atoms with E-state index in [1.165, 1.54) is 98.4 Å². The Morgan fingerprint density at radius 1 is 0.400 bits per heavy atom. The molecule has 0 heterocycles. The number of unbranched alkanes of at least 4 members (excludes halogenated alkanes) is 9. The summed E-state index contributed by atoms with van der Waals surface area (Å²) < 4.78 is 0. The van der Waals surface area contributed by atoms with Crippen LogP contribution in [0.4, 0.5) is 0 Å². The average molecular weight is 399 g/mol. The molecule has 0 bridgehead atoms. The standard InChI is InChI=1S/C30H38/c1-2-3-4-5-6-7-8-9-10-12-15-26-18-20-28(21-19-26)30-24-22-29(23-25-30)27-16-13-11-14-17-27/h11,13-14,16-25H,2-10,12,15H2,1H3. The SMILES string of the molecule is CCCCCCCCCCCCc1ccc(-c2ccc(-c3ccccc3)cc2)cc1. The van der Waals surface area contributed by atoms with E-state index >= 15 is 0 Å². The quantitative estimate of drug-likeness (QED) is 0.251. The molecule has 0 aliphatic carbocycles. The summed E-state index contributed by atoms with van der Waals surface area (Å²) in [7, 11) is 0. The molecule has 0 heteroatoms. The van der Waals surface area contributed by atoms with Gasteiger partial charge in [-0.2, -0.15) is 0 Å². The van der Waals surface area contributed by atoms with Crippen molar-refractivity contribution in [3.8, 4) is 22.3 Å². The summed E-state index contributed by atoms with van der Waals surface area (Å²) in [5.41, 5.74) is 6.62. The van der Waals surface area contributed by atoms with Gasteiger partial charge in [-0.1, -0.05) is 144 Å². The molecule has 0 unspecified atom stereocenters. The lowest BCUT2D eigenvalue weighted by Gasteiger charge is -2.07. The van der Waals surface area contributed by atoms with Crippen molar-refractivity contribution in [1.29, 1.82) is 0 Å². The van der Waals surface area contributed by atoms with Crippen molar-refractivity contribution in [1.82, 2.24) is 0 Å². The smallest absolute Gasteiger partial charge is 0.0184 e. The fourth-order valence-corrected chi connectivity index (χ4v) is 4.17. The maximum absolute atomic E-state index is 2.31. The van der Waals surface area contributed by atoms with E-state index in [0.29, 0.717) is 0 Å². The minimum atomic E-state index is 1.21. The van der Waals surface area contributed by atoms with Crippen LogP contribution < -0.4 is 0 Å². The van der Waals surface area contributed by atoms with Gasteiger partial charge < -0.3 is 0 Å². The summed E-state index contributed by atoms with van der Waals surface area (Å²) in [6, 6.07) is 28.7. The second kappa shape index (κ2) is 13.1. The van der Waals surface area contributed by atoms with Crippen molar-refractivity contribution in [2.24, 2.45) is 0 Å². The van der Waals surface area contributed by atoms with E-state index in [2.05, 4.69) is 85.8 Å². The van der Waals surface area contributed by atoms with E-state index in [1.54, 1.807) is 0 Å². The molecule has 3 rings (SSSR count). The van der Waals surface area contributed by atoms with Gasteiger partial charge >= 0.3 is 0 Å². The first kappa shape index (κ1) is 22.3. The Kier molecular flexibility index (Phi) is 9.73. The normalized spacial score (nSPS) is 11.0. The molecule has 0 fully saturated rings. The lowest BCUT2D eigenvalue weighted by molar-refractivity contribution is 0.556. The molecule has 0 aliphatic rings. The Bertz CT molecular complexity index is 812. The molecule has 0 saturated carbocycles. The summed E-state index contributed by atoms with van der Waals surface area (Å²) in [5, 5.41) is 0. The van der Waals surface area contributed by atoms with Crippen molar-refractivity contribution in [3.63, 3.8) is 0 Å². The molecular formula is C30H38. The minimum Gasteiger partial charge on any atom is -0.0654 e. The lowest BCUT2D eigenvalue weighted by Crippen LogP contribution is -1.87. The van der Waals surface area contributed by atoms with Gasteiger partial charge in [0.05, 0.1) is 0 Å². The second-order valence-electron chi connectivity index (χ2n) is 8.57. The number of benzene rings is 3. The van der Waals surface area contributed by atoms with Crippen LogP contribution in [-0.4, -0.2) is 0 Å². The zero-order valence-corrected chi connectivity index (χ0v) is 18.8. The molecule has 30 heavy (non-hydrogen) atoms. The predicted molar refractivity (Wildman–Crippen MR) is 133 cm³/mol. The monoisotopic (exact) mass is 398 g/mol. The van der Waals surface area contributed by atoms with Crippen LogP contribution in [-0.2, 0) is 6.42 Å². The summed E-state index contributed by atoms with van der Waals surface area (Å²) in [5.74, 6) is 0. The Morgan fingerprint density at radius 2 is 0.800 bits per heavy atom. The number of hydrogen-bond donors (Lipinski definition) is 0. The maximum Gasteiger partial charge on any atom is -0.0184 e. The third kappa shape index (κ3) is 7.48. The summed E-state index contributed by atoms with van der Waals surface area (Å²) in [4.78, 5) is 0. The van der Waals surface area contributed by atoms with Crippen LogP contribution >= 0.6 is 0 Å². The largest absolute Gasteiger partial charge is 0.0654 e. The number of aryl methyl sites for hydroxylation is 1. The van der Waals surface area contributed by atoms with Gasteiger partial charge in [-0.3, -0.25) is 0 Å². The Morgan fingerprint density at radius 3 is 1.30 bits per heavy atom. The van der Waals surface area contributed by atoms with Gasteiger partial charge in [0.1, 0.15) is 0 Å². The molecule has 0 atom stereocenters. The predicted octanol–water partition coefficient (Wildman–Crippen LogP) is 9.48. The highest BCUT2D eigenvalue weighted by molar-refractivity contribution is 5.70. The van der Waals surface area contributed by atoms with Gasteiger partial charge in [0, 0.05) is 0 Å². The third-order valence-electron chi connectivity index (χ3n) is 6.10. The van der Waals surface area contributed by atoms with Crippen molar-refractivity contribution in [2.45, 2.75) is 77.6 Å². The zero-order valence-electron chi connectivity index (χ0n) is 18.8. The van der Waals surface area contributed by atoms with E-state index < -0.39 is 0 Å². The van der Waals surface area contributed by atoms with Crippen molar-refractivity contribution in [3.05, 3.63) is 84.4 Å². The van der Waals surface area contributed by atoms with Crippen LogP contribution in [0.1, 0.15) is 76.7 Å². The molecule has 3 aromatic rings. The summed E-state index contributed by atoms with van der Waals surface area (Å²) in [6.07, 6.45) is 15.2. The highest BCUT2D eigenvalue weighted by Gasteiger charge is 2.01. The molecular weight excluding hydrogens is 360 g/mol. The van der Waals surface area contributed by atoms with E-state index in [4.69, 9.17) is 0 Å². The molecule has 0 saturated heterocycles. The van der Waals surface area contributed by atoms with Gasteiger partial charge in [-0.25, -0.2) is 0 Å². The van der Waals surface area contributed by atoms with Crippen molar-refractivity contribution < 1.29 is 0 Å². The van der Waals surface area contributed by atoms with Crippen molar-refractivity contribution in [2.75, 3.05) is 0 Å². The van der Waals surface area contributed by atoms with Crippen LogP contribution in [0.5, 0.6) is 0 Å². The first-order valence-electron chi connectivity index (χ1n) is 12.1. The average Bonchev–Trinajstić information content (AvgIpc) is 2.81. The van der Waals surface area contributed by atoms with E-state index in [0.717, 1.165) is 0 Å². The Labute approximate surface area is 184 Å². The van der Waals surface area contributed by atoms with Gasteiger partial charge in [0.25, 0.3) is 0 Å². The van der Waals surface area contributed by atoms with Crippen LogP contribution in [0.15, 0.2) is 78.9 Å². The molecule has 0 spiro atoms. The highest BCUT2D eigenvalue weighted by atomic mass is 14.1. The fraction of sp³-hybridized carbons (Fsp3) is 0.400. The molecule has 0 radical (unpaired) electrons. The van der Waals surface area contributed by atoms with Gasteiger partial charge in [-0.15, -0.1) is 0 Å². The highest BCUT2D eigenvalue weighted by Crippen LogP contribution is 2.25. The topological polar surface area (TPSA) is 0 Å². The fourth-order valence-electron chi connectivity index (χ4n) is 4.17. The second-order valence-corrected chi connectivity index (χ2v) is 8.57. The Balaban J connectivity index is 1.37. The van der Waals surface area contributed by atoms with Crippen LogP contribution in [0, 0.1) is 0 Å². The molecule has 0 aliphatic heterocycles. The molecule has 0 amide bonds. The van der Waals surface area contributed by atoms with Crippen LogP contribution in [0.25, 0.3) is 22.3 Å². The minimum absolute atomic E-state index is 1.21. The maximum atomic E-state index is 2.31. The zero-order chi connectivity index (χ0) is 20.9. The van der Waals surface area contributed by atoms with Gasteiger partial charge in [0.15, 0.2) is 0 Å². The molecule has 3 aromatic carbocycles. The summed E-state index contributed by atoms with van der Waals surface area (Å²) in [6.45, 7) is 2.29. The third-order valence-corrected chi connectivity index (χ3v) is 6.10. The van der Waals surface area contributed by atoms with Gasteiger partial charge in [-0.05, 0) is 40.7 Å². The Hall–Kier alpha value is -2.34. The number of hydrogen-bond acceptors (Lipinski definition) is 0. The summed E-state index contributed by atoms with van der Waals surface area (Å²) >= 11 is 0. The molecule has 0 aromatic heterocycles. The van der Waals surface area contributed by atoms with Crippen molar-refractivity contribution >= 4 is 0 Å². The van der Waals surface area contributed by atoms with E-state index in [1.807, 2.05) is 0 Å².